The molecule has 3 aromatic carbocycles. The van der Waals surface area contributed by atoms with E-state index in [0.29, 0.717) is 33.2 Å². The molecule has 7 nitrogen and oxygen atoms in total. The van der Waals surface area contributed by atoms with E-state index in [1.807, 2.05) is 43.3 Å². The summed E-state index contributed by atoms with van der Waals surface area (Å²) in [6.07, 6.45) is 0. The van der Waals surface area contributed by atoms with Crippen LogP contribution in [0.15, 0.2) is 93.9 Å². The van der Waals surface area contributed by atoms with Crippen molar-refractivity contribution in [2.45, 2.75) is 12.1 Å². The summed E-state index contributed by atoms with van der Waals surface area (Å²) in [6, 6.07) is 23.9. The van der Waals surface area contributed by atoms with E-state index in [2.05, 4.69) is 15.5 Å². The van der Waals surface area contributed by atoms with E-state index in [-0.39, 0.29) is 17.2 Å². The van der Waals surface area contributed by atoms with Gasteiger partial charge in [0.25, 0.3) is 11.5 Å². The normalized spacial score (nSPS) is 11.4. The number of nitrogens with zero attached hydrogens (tertiary/aromatic N) is 3. The van der Waals surface area contributed by atoms with Crippen LogP contribution >= 0.6 is 11.8 Å². The van der Waals surface area contributed by atoms with E-state index >= 15 is 0 Å². The molecule has 0 atom stereocenters. The van der Waals surface area contributed by atoms with Crippen molar-refractivity contribution >= 4 is 34.3 Å². The van der Waals surface area contributed by atoms with Crippen LogP contribution in [0.3, 0.4) is 0 Å². The first-order chi connectivity index (χ1) is 16.1. The van der Waals surface area contributed by atoms with Crippen LogP contribution in [0.25, 0.3) is 16.6 Å². The standard InChI is InChI=1S/C25H22N4O3S/c1-17(18-8-4-3-5-9-18)27-28-23(30)16-33-25-26-22-11-7-6-10-21(22)24(31)29(25)19-12-14-20(32-2)15-13-19/h3-15H,16H2,1-2H3,(H,28,30)/b27-17+. The van der Waals surface area contributed by atoms with Crippen LogP contribution in [0.2, 0.25) is 0 Å². The third-order valence-electron chi connectivity index (χ3n) is 4.95. The third kappa shape index (κ3) is 5.12. The molecule has 1 heterocycles. The van der Waals surface area contributed by atoms with Gasteiger partial charge < -0.3 is 4.74 Å². The summed E-state index contributed by atoms with van der Waals surface area (Å²) in [6.45, 7) is 1.83. The number of carbonyl (C=O) groups is 1. The van der Waals surface area contributed by atoms with Crippen LogP contribution in [0, 0.1) is 0 Å². The van der Waals surface area contributed by atoms with Crippen LogP contribution in [-0.2, 0) is 4.79 Å². The molecule has 1 N–H and O–H groups in total. The van der Waals surface area contributed by atoms with Crippen LogP contribution < -0.4 is 15.7 Å². The summed E-state index contributed by atoms with van der Waals surface area (Å²) in [5.41, 5.74) is 5.22. The maximum absolute atomic E-state index is 13.3. The molecular weight excluding hydrogens is 436 g/mol. The Balaban J connectivity index is 1.60. The predicted octanol–water partition coefficient (Wildman–Crippen LogP) is 4.03. The highest BCUT2D eigenvalue weighted by atomic mass is 32.2. The Kier molecular flexibility index (Phi) is 6.85. The molecule has 0 saturated carbocycles. The fraction of sp³-hybridized carbons (Fsp3) is 0.120. The molecule has 0 saturated heterocycles. The van der Waals surface area contributed by atoms with Crippen molar-refractivity contribution in [3.63, 3.8) is 0 Å². The molecule has 0 aliphatic carbocycles. The van der Waals surface area contributed by atoms with Gasteiger partial charge in [-0.2, -0.15) is 5.10 Å². The smallest absolute Gasteiger partial charge is 0.266 e. The number of fused-ring (bicyclic) bond motifs is 1. The first kappa shape index (κ1) is 22.3. The number of benzene rings is 3. The third-order valence-corrected chi connectivity index (χ3v) is 5.89. The fourth-order valence-electron chi connectivity index (χ4n) is 3.22. The second kappa shape index (κ2) is 10.1. The Hall–Kier alpha value is -3.91. The number of ether oxygens (including phenoxy) is 1. The highest BCUT2D eigenvalue weighted by Crippen LogP contribution is 2.22. The average Bonchev–Trinajstić information content (AvgIpc) is 2.87. The Bertz CT molecular complexity index is 1370. The molecule has 4 aromatic rings. The quantitative estimate of drug-likeness (QED) is 0.196. The van der Waals surface area contributed by atoms with Crippen molar-refractivity contribution < 1.29 is 9.53 Å². The number of rotatable bonds is 7. The SMILES string of the molecule is COc1ccc(-n2c(SCC(=O)N/N=C(\C)c3ccccc3)nc3ccccc3c2=O)cc1. The number of carbonyl (C=O) groups excluding carboxylic acids is 1. The first-order valence-electron chi connectivity index (χ1n) is 10.2. The summed E-state index contributed by atoms with van der Waals surface area (Å²) >= 11 is 1.18. The highest BCUT2D eigenvalue weighted by molar-refractivity contribution is 7.99. The van der Waals surface area contributed by atoms with E-state index < -0.39 is 0 Å². The summed E-state index contributed by atoms with van der Waals surface area (Å²) < 4.78 is 6.73. The van der Waals surface area contributed by atoms with Crippen molar-refractivity contribution in [3.8, 4) is 11.4 Å². The van der Waals surface area contributed by atoms with Gasteiger partial charge in [-0.05, 0) is 48.9 Å². The Labute approximate surface area is 195 Å². The van der Waals surface area contributed by atoms with Gasteiger partial charge in [-0.15, -0.1) is 0 Å². The minimum absolute atomic E-state index is 0.0481. The van der Waals surface area contributed by atoms with Crippen LogP contribution in [0.5, 0.6) is 5.75 Å². The lowest BCUT2D eigenvalue weighted by molar-refractivity contribution is -0.118. The van der Waals surface area contributed by atoms with Gasteiger partial charge >= 0.3 is 0 Å². The summed E-state index contributed by atoms with van der Waals surface area (Å²) in [5, 5.41) is 5.10. The van der Waals surface area contributed by atoms with Crippen molar-refractivity contribution in [1.29, 1.82) is 0 Å². The molecule has 0 aliphatic rings. The lowest BCUT2D eigenvalue weighted by Gasteiger charge is -2.13. The highest BCUT2D eigenvalue weighted by Gasteiger charge is 2.15. The first-order valence-corrected chi connectivity index (χ1v) is 11.2. The zero-order valence-corrected chi connectivity index (χ0v) is 19.0. The van der Waals surface area contributed by atoms with Gasteiger partial charge in [0.1, 0.15) is 5.75 Å². The molecule has 0 radical (unpaired) electrons. The van der Waals surface area contributed by atoms with Crippen molar-refractivity contribution in [1.82, 2.24) is 15.0 Å². The minimum Gasteiger partial charge on any atom is -0.497 e. The molecule has 0 unspecified atom stereocenters. The van der Waals surface area contributed by atoms with E-state index in [0.717, 1.165) is 5.56 Å². The molecule has 1 amide bonds. The monoisotopic (exact) mass is 458 g/mol. The lowest BCUT2D eigenvalue weighted by atomic mass is 10.1. The van der Waals surface area contributed by atoms with E-state index in [1.54, 1.807) is 49.6 Å². The van der Waals surface area contributed by atoms with Gasteiger partial charge in [-0.25, -0.2) is 10.4 Å². The minimum atomic E-state index is -0.293. The summed E-state index contributed by atoms with van der Waals surface area (Å²) in [5.74, 6) is 0.437. The number of hydrogen-bond donors (Lipinski definition) is 1. The molecule has 8 heteroatoms. The Morgan fingerprint density at radius 1 is 1.03 bits per heavy atom. The van der Waals surface area contributed by atoms with Crippen LogP contribution in [0.1, 0.15) is 12.5 Å². The number of hydrazone groups is 1. The zero-order chi connectivity index (χ0) is 23.2. The van der Waals surface area contributed by atoms with Gasteiger partial charge in [0, 0.05) is 0 Å². The number of methoxy groups -OCH3 is 1. The number of nitrogens with one attached hydrogen (secondary N) is 1. The predicted molar refractivity (Wildman–Crippen MR) is 131 cm³/mol. The number of hydrogen-bond acceptors (Lipinski definition) is 6. The van der Waals surface area contributed by atoms with E-state index in [9.17, 15) is 9.59 Å². The van der Waals surface area contributed by atoms with Crippen LogP contribution in [0.4, 0.5) is 0 Å². The van der Waals surface area contributed by atoms with Gasteiger partial charge in [0.15, 0.2) is 5.16 Å². The molecule has 0 fully saturated rings. The second-order valence-corrected chi connectivity index (χ2v) is 8.08. The number of para-hydroxylation sites is 1. The molecule has 4 rings (SSSR count). The maximum atomic E-state index is 13.3. The van der Waals surface area contributed by atoms with Gasteiger partial charge in [0.05, 0.1) is 35.2 Å². The Morgan fingerprint density at radius 3 is 2.45 bits per heavy atom. The molecule has 0 aliphatic heterocycles. The van der Waals surface area contributed by atoms with Crippen molar-refractivity contribution in [2.24, 2.45) is 5.10 Å². The molecular formula is C25H22N4O3S. The second-order valence-electron chi connectivity index (χ2n) is 7.14. The lowest BCUT2D eigenvalue weighted by Crippen LogP contribution is -2.24. The summed E-state index contributed by atoms with van der Waals surface area (Å²) in [7, 11) is 1.58. The Morgan fingerprint density at radius 2 is 1.73 bits per heavy atom. The largest absolute Gasteiger partial charge is 0.497 e. The average molecular weight is 459 g/mol. The van der Waals surface area contributed by atoms with Gasteiger partial charge in [0.2, 0.25) is 0 Å². The van der Waals surface area contributed by atoms with Gasteiger partial charge in [-0.3, -0.25) is 14.2 Å². The molecule has 1 aromatic heterocycles. The number of amides is 1. The number of aromatic nitrogens is 2. The maximum Gasteiger partial charge on any atom is 0.266 e. The molecule has 33 heavy (non-hydrogen) atoms. The zero-order valence-electron chi connectivity index (χ0n) is 18.2. The fourth-order valence-corrected chi connectivity index (χ4v) is 4.03. The van der Waals surface area contributed by atoms with Crippen LogP contribution in [-0.4, -0.2) is 34.0 Å². The van der Waals surface area contributed by atoms with E-state index in [1.165, 1.54) is 16.3 Å². The molecule has 0 spiro atoms. The van der Waals surface area contributed by atoms with Gasteiger partial charge in [-0.1, -0.05) is 54.2 Å². The molecule has 166 valence electrons. The number of thioether (sulfide) groups is 1. The molecule has 0 bridgehead atoms. The van der Waals surface area contributed by atoms with Crippen molar-refractivity contribution in [3.05, 3.63) is 94.8 Å². The summed E-state index contributed by atoms with van der Waals surface area (Å²) in [4.78, 5) is 30.4. The van der Waals surface area contributed by atoms with Crippen molar-refractivity contribution in [2.75, 3.05) is 12.9 Å². The topological polar surface area (TPSA) is 85.6 Å². The van der Waals surface area contributed by atoms with E-state index in [4.69, 9.17) is 4.74 Å².